The van der Waals surface area contributed by atoms with Crippen LogP contribution in [0.1, 0.15) is 29.5 Å². The van der Waals surface area contributed by atoms with E-state index in [0.29, 0.717) is 0 Å². The maximum atomic E-state index is 2.43. The third-order valence-corrected chi connectivity index (χ3v) is 13.5. The molecule has 0 saturated carbocycles. The summed E-state index contributed by atoms with van der Waals surface area (Å²) in [6.07, 6.45) is 0. The number of aromatic nitrogens is 2. The Morgan fingerprint density at radius 3 is 1.45 bits per heavy atom. The fourth-order valence-electron chi connectivity index (χ4n) is 10.2. The monoisotopic (exact) mass is 845 g/mol. The molecule has 66 heavy (non-hydrogen) atoms. The molecule has 0 aliphatic rings. The molecule has 1 atom stereocenters. The Labute approximate surface area is 385 Å². The molecular formula is C63H47N3. The van der Waals surface area contributed by atoms with Crippen molar-refractivity contribution in [1.29, 1.82) is 0 Å². The molecule has 0 spiro atoms. The van der Waals surface area contributed by atoms with Gasteiger partial charge in [0.05, 0.1) is 22.1 Å². The quantitative estimate of drug-likeness (QED) is 0.141. The van der Waals surface area contributed by atoms with Gasteiger partial charge in [-0.15, -0.1) is 0 Å². The molecule has 314 valence electrons. The molecule has 3 heteroatoms. The summed E-state index contributed by atoms with van der Waals surface area (Å²) in [7, 11) is 0. The Kier molecular flexibility index (Phi) is 9.69. The minimum Gasteiger partial charge on any atom is -0.310 e. The third kappa shape index (κ3) is 6.76. The number of hydrogen-bond donors (Lipinski definition) is 0. The minimum absolute atomic E-state index is 0.229. The first-order chi connectivity index (χ1) is 32.6. The van der Waals surface area contributed by atoms with Crippen molar-refractivity contribution in [2.45, 2.75) is 19.8 Å². The summed E-state index contributed by atoms with van der Waals surface area (Å²) in [5.41, 5.74) is 19.1. The van der Waals surface area contributed by atoms with Gasteiger partial charge in [-0.3, -0.25) is 0 Å². The van der Waals surface area contributed by atoms with Gasteiger partial charge < -0.3 is 14.0 Å². The van der Waals surface area contributed by atoms with E-state index in [2.05, 4.69) is 271 Å². The van der Waals surface area contributed by atoms with E-state index in [1.807, 2.05) is 0 Å². The smallest absolute Gasteiger partial charge is 0.0545 e. The molecule has 0 aliphatic carbocycles. The largest absolute Gasteiger partial charge is 0.310 e. The summed E-state index contributed by atoms with van der Waals surface area (Å²) in [5.74, 6) is 0.229. The van der Waals surface area contributed by atoms with Crippen LogP contribution in [0.4, 0.5) is 17.1 Å². The predicted molar refractivity (Wildman–Crippen MR) is 279 cm³/mol. The summed E-state index contributed by atoms with van der Waals surface area (Å²) in [4.78, 5) is 2.43. The topological polar surface area (TPSA) is 13.1 Å². The first-order valence-corrected chi connectivity index (χ1v) is 22.9. The number of benzene rings is 10. The molecule has 10 aromatic carbocycles. The van der Waals surface area contributed by atoms with E-state index in [1.165, 1.54) is 88.2 Å². The van der Waals surface area contributed by atoms with Crippen LogP contribution in [0.2, 0.25) is 0 Å². The molecule has 1 unspecified atom stereocenters. The number of fused-ring (bicyclic) bond motifs is 6. The summed E-state index contributed by atoms with van der Waals surface area (Å²) in [6.45, 7) is 4.56. The SMILES string of the molecule is Cc1cc2c(cc1N(c1ccc(-c3ccc(C(C)c4ccc5c(c4)c4ccccc4n5-c4ccccc4)cc3)cc1)c1cccc(-c3ccccc3)c1)c1ccccc1n2-c1ccccc1. The second-order valence-electron chi connectivity index (χ2n) is 17.5. The summed E-state index contributed by atoms with van der Waals surface area (Å²) < 4.78 is 4.78. The van der Waals surface area contributed by atoms with Crippen LogP contribution in [-0.4, -0.2) is 9.13 Å². The molecular weight excluding hydrogens is 799 g/mol. The van der Waals surface area contributed by atoms with Crippen molar-refractivity contribution in [3.8, 4) is 33.6 Å². The van der Waals surface area contributed by atoms with E-state index in [4.69, 9.17) is 0 Å². The van der Waals surface area contributed by atoms with Crippen molar-refractivity contribution >= 4 is 60.7 Å². The van der Waals surface area contributed by atoms with E-state index >= 15 is 0 Å². The van der Waals surface area contributed by atoms with Crippen LogP contribution >= 0.6 is 0 Å². The zero-order valence-electron chi connectivity index (χ0n) is 37.0. The maximum absolute atomic E-state index is 2.43. The van der Waals surface area contributed by atoms with E-state index in [9.17, 15) is 0 Å². The van der Waals surface area contributed by atoms with Gasteiger partial charge in [-0.1, -0.05) is 165 Å². The molecule has 12 aromatic rings. The minimum atomic E-state index is 0.229. The molecule has 2 aromatic heterocycles. The highest BCUT2D eigenvalue weighted by Gasteiger charge is 2.21. The molecule has 0 fully saturated rings. The summed E-state index contributed by atoms with van der Waals surface area (Å²) in [6, 6.07) is 88.5. The number of para-hydroxylation sites is 4. The van der Waals surface area contributed by atoms with Gasteiger partial charge in [-0.2, -0.15) is 0 Å². The molecule has 3 nitrogen and oxygen atoms in total. The van der Waals surface area contributed by atoms with E-state index in [0.717, 1.165) is 22.7 Å². The van der Waals surface area contributed by atoms with Crippen molar-refractivity contribution in [1.82, 2.24) is 9.13 Å². The number of anilines is 3. The van der Waals surface area contributed by atoms with Crippen molar-refractivity contribution < 1.29 is 0 Å². The van der Waals surface area contributed by atoms with Gasteiger partial charge >= 0.3 is 0 Å². The zero-order valence-corrected chi connectivity index (χ0v) is 37.0. The van der Waals surface area contributed by atoms with Crippen LogP contribution in [0.5, 0.6) is 0 Å². The molecule has 0 amide bonds. The standard InChI is InChI=1S/C63H47N3/c1-43-39-63-58(56-26-13-15-28-60(56)66(63)52-22-10-5-11-23-52)42-62(43)64(54-24-16-19-50(40-54)46-17-6-3-7-18-46)53-36-33-48(34-37-53)47-31-29-45(30-32-47)44(2)49-35-38-61-57(41-49)55-25-12-14-27-59(55)65(61)51-20-8-4-9-21-51/h3-42,44H,1-2H3. The second-order valence-corrected chi connectivity index (χ2v) is 17.5. The van der Waals surface area contributed by atoms with Crippen LogP contribution in [0.3, 0.4) is 0 Å². The Morgan fingerprint density at radius 1 is 0.333 bits per heavy atom. The molecule has 0 radical (unpaired) electrons. The van der Waals surface area contributed by atoms with Gasteiger partial charge in [0, 0.05) is 55.9 Å². The Morgan fingerprint density at radius 2 is 0.818 bits per heavy atom. The Balaban J connectivity index is 0.904. The Bertz CT molecular complexity index is 3700. The van der Waals surface area contributed by atoms with Crippen LogP contribution in [-0.2, 0) is 0 Å². The van der Waals surface area contributed by atoms with E-state index < -0.39 is 0 Å². The van der Waals surface area contributed by atoms with Crippen LogP contribution in [0, 0.1) is 6.92 Å². The molecule has 0 aliphatic heterocycles. The number of rotatable bonds is 9. The summed E-state index contributed by atoms with van der Waals surface area (Å²) in [5, 5.41) is 5.02. The van der Waals surface area contributed by atoms with Crippen molar-refractivity contribution in [2.24, 2.45) is 0 Å². The second kappa shape index (κ2) is 16.3. The Hall–Kier alpha value is -8.40. The average Bonchev–Trinajstić information content (AvgIpc) is 3.89. The molecule has 0 saturated heterocycles. The van der Waals surface area contributed by atoms with Crippen molar-refractivity contribution in [3.63, 3.8) is 0 Å². The molecule has 2 heterocycles. The first kappa shape index (κ1) is 39.2. The number of aryl methyl sites for hydroxylation is 1. The van der Waals surface area contributed by atoms with Crippen molar-refractivity contribution in [3.05, 3.63) is 259 Å². The van der Waals surface area contributed by atoms with Gasteiger partial charge in [0.1, 0.15) is 0 Å². The van der Waals surface area contributed by atoms with Crippen LogP contribution < -0.4 is 4.90 Å². The molecule has 0 N–H and O–H groups in total. The van der Waals surface area contributed by atoms with Gasteiger partial charge in [0.15, 0.2) is 0 Å². The zero-order chi connectivity index (χ0) is 44.1. The third-order valence-electron chi connectivity index (χ3n) is 13.5. The van der Waals surface area contributed by atoms with Crippen molar-refractivity contribution in [2.75, 3.05) is 4.90 Å². The highest BCUT2D eigenvalue weighted by molar-refractivity contribution is 6.11. The average molecular weight is 846 g/mol. The van der Waals surface area contributed by atoms with E-state index in [1.54, 1.807) is 0 Å². The highest BCUT2D eigenvalue weighted by atomic mass is 15.1. The highest BCUT2D eigenvalue weighted by Crippen LogP contribution is 2.43. The van der Waals surface area contributed by atoms with Gasteiger partial charge in [-0.25, -0.2) is 0 Å². The molecule has 0 bridgehead atoms. The lowest BCUT2D eigenvalue weighted by Crippen LogP contribution is -2.11. The first-order valence-electron chi connectivity index (χ1n) is 22.9. The predicted octanol–water partition coefficient (Wildman–Crippen LogP) is 17.1. The van der Waals surface area contributed by atoms with Gasteiger partial charge in [0.2, 0.25) is 0 Å². The fraction of sp³-hybridized carbons (Fsp3) is 0.0476. The number of nitrogens with zero attached hydrogens (tertiary/aromatic N) is 3. The molecule has 12 rings (SSSR count). The van der Waals surface area contributed by atoms with Gasteiger partial charge in [-0.05, 0) is 131 Å². The lowest BCUT2D eigenvalue weighted by Gasteiger charge is -2.28. The van der Waals surface area contributed by atoms with E-state index in [-0.39, 0.29) is 5.92 Å². The lowest BCUT2D eigenvalue weighted by molar-refractivity contribution is 0.925. The van der Waals surface area contributed by atoms with Crippen LogP contribution in [0.15, 0.2) is 243 Å². The summed E-state index contributed by atoms with van der Waals surface area (Å²) >= 11 is 0. The van der Waals surface area contributed by atoms with Gasteiger partial charge in [0.25, 0.3) is 0 Å². The number of hydrogen-bond acceptors (Lipinski definition) is 1. The maximum Gasteiger partial charge on any atom is 0.0545 e. The fourth-order valence-corrected chi connectivity index (χ4v) is 10.2. The van der Waals surface area contributed by atoms with Crippen LogP contribution in [0.25, 0.3) is 77.2 Å². The normalized spacial score (nSPS) is 12.0. The lowest BCUT2D eigenvalue weighted by atomic mass is 9.91.